The van der Waals surface area contributed by atoms with E-state index in [2.05, 4.69) is 5.32 Å². The third-order valence-electron chi connectivity index (χ3n) is 2.94. The Hall–Kier alpha value is -2.69. The van der Waals surface area contributed by atoms with E-state index in [1.54, 1.807) is 24.3 Å². The van der Waals surface area contributed by atoms with Crippen molar-refractivity contribution in [3.63, 3.8) is 0 Å². The fraction of sp³-hybridized carbons (Fsp3) is 0.278. The van der Waals surface area contributed by atoms with Crippen LogP contribution in [-0.4, -0.2) is 25.7 Å². The van der Waals surface area contributed by atoms with Crippen molar-refractivity contribution in [1.29, 1.82) is 0 Å². The number of anilines is 1. The molecule has 2 aromatic rings. The van der Waals surface area contributed by atoms with Gasteiger partial charge in [0.15, 0.2) is 6.61 Å². The lowest BCUT2D eigenvalue weighted by Gasteiger charge is -2.09. The lowest BCUT2D eigenvalue weighted by atomic mass is 10.3. The Balaban J connectivity index is 1.83. The van der Waals surface area contributed by atoms with Gasteiger partial charge in [0.25, 0.3) is 5.91 Å². The molecule has 23 heavy (non-hydrogen) atoms. The van der Waals surface area contributed by atoms with Gasteiger partial charge in [0.1, 0.15) is 17.2 Å². The Labute approximate surface area is 136 Å². The highest BCUT2D eigenvalue weighted by Crippen LogP contribution is 2.19. The summed E-state index contributed by atoms with van der Waals surface area (Å²) < 4.78 is 16.2. The van der Waals surface area contributed by atoms with Crippen molar-refractivity contribution in [2.75, 3.05) is 25.1 Å². The molecule has 1 N–H and O–H groups in total. The standard InChI is InChI=1S/C18H21NO4/c1-3-21-15-10-8-14(9-11-15)19-18(20)13-23-17-7-5-6-16(12-17)22-4-2/h5-12H,3-4,13H2,1-2H3,(H,19,20). The predicted molar refractivity (Wildman–Crippen MR) is 89.3 cm³/mol. The first-order chi connectivity index (χ1) is 11.2. The van der Waals surface area contributed by atoms with Gasteiger partial charge >= 0.3 is 0 Å². The van der Waals surface area contributed by atoms with Crippen LogP contribution in [0.2, 0.25) is 0 Å². The van der Waals surface area contributed by atoms with E-state index in [0.717, 1.165) is 11.5 Å². The maximum atomic E-state index is 11.9. The predicted octanol–water partition coefficient (Wildman–Crippen LogP) is 3.50. The van der Waals surface area contributed by atoms with Crippen LogP contribution in [0.1, 0.15) is 13.8 Å². The molecule has 0 atom stereocenters. The largest absolute Gasteiger partial charge is 0.494 e. The third kappa shape index (κ3) is 5.54. The maximum Gasteiger partial charge on any atom is 0.262 e. The van der Waals surface area contributed by atoms with Gasteiger partial charge in [0.2, 0.25) is 0 Å². The SMILES string of the molecule is CCOc1ccc(NC(=O)COc2cccc(OCC)c2)cc1. The molecular weight excluding hydrogens is 294 g/mol. The molecule has 0 bridgehead atoms. The number of carbonyl (C=O) groups is 1. The Morgan fingerprint density at radius 2 is 1.48 bits per heavy atom. The Bertz CT molecular complexity index is 625. The monoisotopic (exact) mass is 315 g/mol. The summed E-state index contributed by atoms with van der Waals surface area (Å²) in [4.78, 5) is 11.9. The van der Waals surface area contributed by atoms with E-state index in [-0.39, 0.29) is 12.5 Å². The molecule has 0 aliphatic rings. The van der Waals surface area contributed by atoms with E-state index >= 15 is 0 Å². The molecule has 0 aliphatic heterocycles. The summed E-state index contributed by atoms with van der Waals surface area (Å²) in [6.07, 6.45) is 0. The molecule has 0 aromatic heterocycles. The lowest BCUT2D eigenvalue weighted by Crippen LogP contribution is -2.20. The zero-order chi connectivity index (χ0) is 16.5. The number of amides is 1. The van der Waals surface area contributed by atoms with Gasteiger partial charge in [0.05, 0.1) is 13.2 Å². The van der Waals surface area contributed by atoms with Gasteiger partial charge < -0.3 is 19.5 Å². The molecule has 2 rings (SSSR count). The molecule has 0 unspecified atom stereocenters. The number of hydrogen-bond acceptors (Lipinski definition) is 4. The minimum atomic E-state index is -0.226. The Morgan fingerprint density at radius 3 is 2.13 bits per heavy atom. The molecule has 0 aliphatic carbocycles. The van der Waals surface area contributed by atoms with Crippen LogP contribution in [0, 0.1) is 0 Å². The molecular formula is C18H21NO4. The van der Waals surface area contributed by atoms with Crippen LogP contribution in [0.3, 0.4) is 0 Å². The van der Waals surface area contributed by atoms with Crippen LogP contribution < -0.4 is 19.5 Å². The number of carbonyl (C=O) groups excluding carboxylic acids is 1. The van der Waals surface area contributed by atoms with Gasteiger partial charge in [-0.2, -0.15) is 0 Å². The zero-order valence-corrected chi connectivity index (χ0v) is 13.4. The third-order valence-corrected chi connectivity index (χ3v) is 2.94. The van der Waals surface area contributed by atoms with Crippen LogP contribution in [-0.2, 0) is 4.79 Å². The summed E-state index contributed by atoms with van der Waals surface area (Å²) in [5.41, 5.74) is 0.699. The second kappa shape index (κ2) is 8.68. The minimum Gasteiger partial charge on any atom is -0.494 e. The number of rotatable bonds is 8. The fourth-order valence-electron chi connectivity index (χ4n) is 1.97. The molecule has 0 radical (unpaired) electrons. The molecule has 1 amide bonds. The van der Waals surface area contributed by atoms with Crippen LogP contribution in [0.4, 0.5) is 5.69 Å². The van der Waals surface area contributed by atoms with Gasteiger partial charge in [0, 0.05) is 11.8 Å². The van der Waals surface area contributed by atoms with Crippen molar-refractivity contribution in [3.8, 4) is 17.2 Å². The highest BCUT2D eigenvalue weighted by atomic mass is 16.5. The molecule has 0 saturated carbocycles. The Kier molecular flexibility index (Phi) is 6.29. The summed E-state index contributed by atoms with van der Waals surface area (Å²) >= 11 is 0. The number of hydrogen-bond donors (Lipinski definition) is 1. The maximum absolute atomic E-state index is 11.9. The van der Waals surface area contributed by atoms with Crippen LogP contribution >= 0.6 is 0 Å². The first kappa shape index (κ1) is 16.7. The van der Waals surface area contributed by atoms with Gasteiger partial charge in [-0.25, -0.2) is 0 Å². The molecule has 0 spiro atoms. The molecule has 0 heterocycles. The molecule has 5 nitrogen and oxygen atoms in total. The molecule has 5 heteroatoms. The zero-order valence-electron chi connectivity index (χ0n) is 13.4. The summed E-state index contributed by atoms with van der Waals surface area (Å²) in [6.45, 7) is 4.97. The number of ether oxygens (including phenoxy) is 3. The fourth-order valence-corrected chi connectivity index (χ4v) is 1.97. The van der Waals surface area contributed by atoms with E-state index in [1.165, 1.54) is 0 Å². The Morgan fingerprint density at radius 1 is 0.870 bits per heavy atom. The van der Waals surface area contributed by atoms with Crippen molar-refractivity contribution >= 4 is 11.6 Å². The second-order valence-corrected chi connectivity index (χ2v) is 4.70. The molecule has 122 valence electrons. The minimum absolute atomic E-state index is 0.0667. The van der Waals surface area contributed by atoms with Gasteiger partial charge in [-0.3, -0.25) is 4.79 Å². The van der Waals surface area contributed by atoms with E-state index in [4.69, 9.17) is 14.2 Å². The van der Waals surface area contributed by atoms with Gasteiger partial charge in [-0.05, 0) is 50.2 Å². The van der Waals surface area contributed by atoms with Crippen LogP contribution in [0.5, 0.6) is 17.2 Å². The highest BCUT2D eigenvalue weighted by Gasteiger charge is 2.05. The summed E-state index contributed by atoms with van der Waals surface area (Å²) in [5.74, 6) is 1.86. The number of nitrogens with one attached hydrogen (secondary N) is 1. The second-order valence-electron chi connectivity index (χ2n) is 4.70. The van der Waals surface area contributed by atoms with Crippen molar-refractivity contribution in [3.05, 3.63) is 48.5 Å². The van der Waals surface area contributed by atoms with E-state index < -0.39 is 0 Å². The highest BCUT2D eigenvalue weighted by molar-refractivity contribution is 5.91. The van der Waals surface area contributed by atoms with Gasteiger partial charge in [-0.15, -0.1) is 0 Å². The van der Waals surface area contributed by atoms with E-state index in [0.29, 0.717) is 24.7 Å². The van der Waals surface area contributed by atoms with Crippen molar-refractivity contribution < 1.29 is 19.0 Å². The first-order valence-electron chi connectivity index (χ1n) is 7.59. The van der Waals surface area contributed by atoms with Crippen molar-refractivity contribution in [2.45, 2.75) is 13.8 Å². The quantitative estimate of drug-likeness (QED) is 0.810. The summed E-state index contributed by atoms with van der Waals surface area (Å²) in [5, 5.41) is 2.77. The van der Waals surface area contributed by atoms with Crippen molar-refractivity contribution in [2.24, 2.45) is 0 Å². The summed E-state index contributed by atoms with van der Waals surface area (Å²) in [6, 6.07) is 14.4. The molecule has 2 aromatic carbocycles. The van der Waals surface area contributed by atoms with E-state index in [1.807, 2.05) is 38.1 Å². The number of benzene rings is 2. The van der Waals surface area contributed by atoms with Crippen LogP contribution in [0.25, 0.3) is 0 Å². The molecule has 0 saturated heterocycles. The van der Waals surface area contributed by atoms with Crippen LogP contribution in [0.15, 0.2) is 48.5 Å². The lowest BCUT2D eigenvalue weighted by molar-refractivity contribution is -0.118. The van der Waals surface area contributed by atoms with Gasteiger partial charge in [-0.1, -0.05) is 6.07 Å². The normalized spacial score (nSPS) is 10.0. The first-order valence-corrected chi connectivity index (χ1v) is 7.59. The summed E-state index contributed by atoms with van der Waals surface area (Å²) in [7, 11) is 0. The average molecular weight is 315 g/mol. The molecule has 0 fully saturated rings. The average Bonchev–Trinajstić information content (AvgIpc) is 2.56. The topological polar surface area (TPSA) is 56.8 Å². The van der Waals surface area contributed by atoms with Crippen molar-refractivity contribution in [1.82, 2.24) is 0 Å². The van der Waals surface area contributed by atoms with E-state index in [9.17, 15) is 4.79 Å². The smallest absolute Gasteiger partial charge is 0.262 e.